The first kappa shape index (κ1) is 15.1. The lowest BCUT2D eigenvalue weighted by Crippen LogP contribution is -2.29. The fourth-order valence-electron chi connectivity index (χ4n) is 2.45. The number of aliphatic hydroxyl groups excluding tert-OH is 1. The fourth-order valence-corrected chi connectivity index (χ4v) is 2.63. The zero-order chi connectivity index (χ0) is 14.4. The molecular formula is C15H20ClNO3. The van der Waals surface area contributed by atoms with Gasteiger partial charge in [0.2, 0.25) is 5.91 Å². The van der Waals surface area contributed by atoms with Crippen LogP contribution in [0.15, 0.2) is 24.3 Å². The van der Waals surface area contributed by atoms with E-state index in [-0.39, 0.29) is 12.5 Å². The van der Waals surface area contributed by atoms with Crippen LogP contribution in [0.4, 0.5) is 0 Å². The van der Waals surface area contributed by atoms with Gasteiger partial charge >= 0.3 is 0 Å². The predicted molar refractivity (Wildman–Crippen MR) is 78.0 cm³/mol. The molecular weight excluding hydrogens is 278 g/mol. The van der Waals surface area contributed by atoms with Crippen molar-refractivity contribution in [3.8, 4) is 5.75 Å². The van der Waals surface area contributed by atoms with Crippen LogP contribution in [0.3, 0.4) is 0 Å². The lowest BCUT2D eigenvalue weighted by molar-refractivity contribution is -0.130. The average Bonchev–Trinajstić information content (AvgIpc) is 2.88. The van der Waals surface area contributed by atoms with Gasteiger partial charge in [-0.05, 0) is 37.0 Å². The Hall–Kier alpha value is -1.26. The molecule has 0 saturated carbocycles. The molecule has 1 aromatic carbocycles. The molecule has 1 amide bonds. The summed E-state index contributed by atoms with van der Waals surface area (Å²) in [4.78, 5) is 13.9. The van der Waals surface area contributed by atoms with E-state index in [1.54, 1.807) is 12.1 Å². The smallest absolute Gasteiger partial charge is 0.226 e. The van der Waals surface area contributed by atoms with E-state index >= 15 is 0 Å². The molecule has 1 saturated heterocycles. The normalized spacial score (nSPS) is 18.3. The molecule has 0 bridgehead atoms. The number of carbonyl (C=O) groups excluding carboxylic acids is 1. The highest BCUT2D eigenvalue weighted by molar-refractivity contribution is 6.30. The maximum atomic E-state index is 12.0. The molecule has 20 heavy (non-hydrogen) atoms. The molecule has 5 heteroatoms. The second kappa shape index (κ2) is 7.50. The van der Waals surface area contributed by atoms with Crippen molar-refractivity contribution in [3.63, 3.8) is 0 Å². The number of likely N-dealkylation sites (tertiary alicyclic amines) is 1. The summed E-state index contributed by atoms with van der Waals surface area (Å²) < 4.78 is 5.52. The molecule has 110 valence electrons. The summed E-state index contributed by atoms with van der Waals surface area (Å²) in [5, 5.41) is 9.53. The highest BCUT2D eigenvalue weighted by atomic mass is 35.5. The zero-order valence-corrected chi connectivity index (χ0v) is 12.2. The summed E-state index contributed by atoms with van der Waals surface area (Å²) in [6.07, 6.45) is 2.14. The van der Waals surface area contributed by atoms with E-state index in [2.05, 4.69) is 0 Å². The van der Waals surface area contributed by atoms with Crippen molar-refractivity contribution in [2.75, 3.05) is 26.3 Å². The van der Waals surface area contributed by atoms with Crippen LogP contribution >= 0.6 is 11.6 Å². The minimum atomic E-state index is 0.118. The first-order valence-electron chi connectivity index (χ1n) is 6.96. The number of aliphatic hydroxyl groups is 1. The number of halogens is 1. The number of amides is 1. The Kier molecular flexibility index (Phi) is 5.68. The van der Waals surface area contributed by atoms with Gasteiger partial charge in [0.1, 0.15) is 5.75 Å². The molecule has 1 unspecified atom stereocenters. The lowest BCUT2D eigenvalue weighted by Gasteiger charge is -2.16. The number of benzene rings is 1. The van der Waals surface area contributed by atoms with Crippen molar-refractivity contribution in [3.05, 3.63) is 29.3 Å². The number of nitrogens with zero attached hydrogens (tertiary/aromatic N) is 1. The van der Waals surface area contributed by atoms with E-state index in [9.17, 15) is 4.79 Å². The highest BCUT2D eigenvalue weighted by Gasteiger charge is 2.25. The van der Waals surface area contributed by atoms with Gasteiger partial charge in [0.25, 0.3) is 0 Å². The molecule has 1 heterocycles. The van der Waals surface area contributed by atoms with Crippen molar-refractivity contribution in [2.45, 2.75) is 19.3 Å². The number of hydrogen-bond donors (Lipinski definition) is 1. The molecule has 1 N–H and O–H groups in total. The standard InChI is InChI=1S/C15H20ClNO3/c16-13-2-1-3-14(10-13)20-9-6-15(19)17-7-4-12(11-17)5-8-18/h1-3,10,12,18H,4-9,11H2. The van der Waals surface area contributed by atoms with Crippen molar-refractivity contribution in [1.82, 2.24) is 4.90 Å². The Bertz CT molecular complexity index is 452. The minimum Gasteiger partial charge on any atom is -0.493 e. The fraction of sp³-hybridized carbons (Fsp3) is 0.533. The van der Waals surface area contributed by atoms with E-state index in [0.29, 0.717) is 29.7 Å². The van der Waals surface area contributed by atoms with Crippen LogP contribution in [0.25, 0.3) is 0 Å². The quantitative estimate of drug-likeness (QED) is 0.877. The Morgan fingerprint density at radius 1 is 1.50 bits per heavy atom. The van der Waals surface area contributed by atoms with Gasteiger partial charge in [0.05, 0.1) is 13.0 Å². The molecule has 1 atom stereocenters. The number of ether oxygens (including phenoxy) is 1. The van der Waals surface area contributed by atoms with E-state index in [4.69, 9.17) is 21.4 Å². The Balaban J connectivity index is 1.70. The topological polar surface area (TPSA) is 49.8 Å². The van der Waals surface area contributed by atoms with Crippen molar-refractivity contribution >= 4 is 17.5 Å². The monoisotopic (exact) mass is 297 g/mol. The molecule has 1 aromatic rings. The Morgan fingerprint density at radius 3 is 3.10 bits per heavy atom. The number of hydrogen-bond acceptors (Lipinski definition) is 3. The number of rotatable bonds is 6. The van der Waals surface area contributed by atoms with Crippen LogP contribution in [0.2, 0.25) is 5.02 Å². The Labute approximate surface area is 124 Å². The van der Waals surface area contributed by atoms with E-state index in [1.165, 1.54) is 0 Å². The second-order valence-corrected chi connectivity index (χ2v) is 5.50. The van der Waals surface area contributed by atoms with Gasteiger partial charge in [-0.15, -0.1) is 0 Å². The van der Waals surface area contributed by atoms with Gasteiger partial charge in [-0.2, -0.15) is 0 Å². The van der Waals surface area contributed by atoms with Gasteiger partial charge < -0.3 is 14.7 Å². The Morgan fingerprint density at radius 2 is 2.35 bits per heavy atom. The van der Waals surface area contributed by atoms with Crippen LogP contribution in [0.1, 0.15) is 19.3 Å². The zero-order valence-electron chi connectivity index (χ0n) is 11.4. The van der Waals surface area contributed by atoms with Crippen molar-refractivity contribution in [1.29, 1.82) is 0 Å². The lowest BCUT2D eigenvalue weighted by atomic mass is 10.1. The van der Waals surface area contributed by atoms with Crippen LogP contribution in [-0.2, 0) is 4.79 Å². The van der Waals surface area contributed by atoms with Crippen molar-refractivity contribution < 1.29 is 14.6 Å². The molecule has 0 spiro atoms. The number of carbonyl (C=O) groups is 1. The second-order valence-electron chi connectivity index (χ2n) is 5.06. The molecule has 2 rings (SSSR count). The van der Waals surface area contributed by atoms with Crippen molar-refractivity contribution in [2.24, 2.45) is 5.92 Å². The van der Waals surface area contributed by atoms with Gasteiger partial charge in [-0.1, -0.05) is 17.7 Å². The minimum absolute atomic E-state index is 0.118. The molecule has 0 radical (unpaired) electrons. The van der Waals surface area contributed by atoms with Crippen LogP contribution in [0.5, 0.6) is 5.75 Å². The molecule has 4 nitrogen and oxygen atoms in total. The predicted octanol–water partition coefficient (Wildman–Crippen LogP) is 2.34. The summed E-state index contributed by atoms with van der Waals surface area (Å²) in [5.74, 6) is 1.25. The van der Waals surface area contributed by atoms with E-state index in [1.807, 2.05) is 17.0 Å². The first-order chi connectivity index (χ1) is 9.69. The van der Waals surface area contributed by atoms with Crippen LogP contribution < -0.4 is 4.74 Å². The summed E-state index contributed by atoms with van der Waals surface area (Å²) in [6, 6.07) is 7.16. The van der Waals surface area contributed by atoms with E-state index < -0.39 is 0 Å². The highest BCUT2D eigenvalue weighted by Crippen LogP contribution is 2.20. The van der Waals surface area contributed by atoms with Crippen LogP contribution in [0, 0.1) is 5.92 Å². The molecule has 1 fully saturated rings. The summed E-state index contributed by atoms with van der Waals surface area (Å²) in [5.41, 5.74) is 0. The van der Waals surface area contributed by atoms with Gasteiger partial charge in [-0.3, -0.25) is 4.79 Å². The summed E-state index contributed by atoms with van der Waals surface area (Å²) in [6.45, 7) is 2.11. The third kappa shape index (κ3) is 4.39. The van der Waals surface area contributed by atoms with Crippen LogP contribution in [-0.4, -0.2) is 42.2 Å². The average molecular weight is 298 g/mol. The SMILES string of the molecule is O=C(CCOc1cccc(Cl)c1)N1CCC(CCO)C1. The van der Waals surface area contributed by atoms with Gasteiger partial charge in [-0.25, -0.2) is 0 Å². The molecule has 1 aliphatic heterocycles. The maximum Gasteiger partial charge on any atom is 0.226 e. The first-order valence-corrected chi connectivity index (χ1v) is 7.34. The van der Waals surface area contributed by atoms with Gasteiger partial charge in [0, 0.05) is 24.7 Å². The molecule has 0 aliphatic carbocycles. The molecule has 0 aromatic heterocycles. The maximum absolute atomic E-state index is 12.0. The third-order valence-electron chi connectivity index (χ3n) is 3.56. The summed E-state index contributed by atoms with van der Waals surface area (Å²) in [7, 11) is 0. The summed E-state index contributed by atoms with van der Waals surface area (Å²) >= 11 is 5.86. The largest absolute Gasteiger partial charge is 0.493 e. The van der Waals surface area contributed by atoms with E-state index in [0.717, 1.165) is 25.9 Å². The van der Waals surface area contributed by atoms with Gasteiger partial charge in [0.15, 0.2) is 0 Å². The molecule has 1 aliphatic rings. The third-order valence-corrected chi connectivity index (χ3v) is 3.79.